The number of carbonyl (C=O) groups is 1. The van der Waals surface area contributed by atoms with E-state index in [9.17, 15) is 4.79 Å². The minimum atomic E-state index is -0.436. The first-order chi connectivity index (χ1) is 9.72. The van der Waals surface area contributed by atoms with Crippen LogP contribution in [0.15, 0.2) is 61.2 Å². The van der Waals surface area contributed by atoms with Gasteiger partial charge in [0.05, 0.1) is 0 Å². The van der Waals surface area contributed by atoms with Gasteiger partial charge in [-0.15, -0.1) is 0 Å². The quantitative estimate of drug-likeness (QED) is 0.465. The van der Waals surface area contributed by atoms with E-state index in [4.69, 9.17) is 4.74 Å². The number of benzene rings is 2. The molecule has 0 bridgehead atoms. The monoisotopic (exact) mass is 266 g/mol. The van der Waals surface area contributed by atoms with Gasteiger partial charge in [0, 0.05) is 6.08 Å². The van der Waals surface area contributed by atoms with E-state index in [1.165, 1.54) is 16.7 Å². The molecule has 0 spiro atoms. The lowest BCUT2D eigenvalue weighted by Gasteiger charge is -2.08. The summed E-state index contributed by atoms with van der Waals surface area (Å²) in [7, 11) is 0. The van der Waals surface area contributed by atoms with Gasteiger partial charge >= 0.3 is 5.97 Å². The van der Waals surface area contributed by atoms with Crippen molar-refractivity contribution in [3.8, 4) is 5.75 Å². The summed E-state index contributed by atoms with van der Waals surface area (Å²) in [6.45, 7) is 5.54. The van der Waals surface area contributed by atoms with Gasteiger partial charge in [-0.2, -0.15) is 0 Å². The molecule has 0 aliphatic carbocycles. The molecule has 0 amide bonds. The average Bonchev–Trinajstić information content (AvgIpc) is 2.49. The van der Waals surface area contributed by atoms with Crippen molar-refractivity contribution in [2.45, 2.75) is 19.8 Å². The molecule has 0 radical (unpaired) electrons. The minimum Gasteiger partial charge on any atom is -0.423 e. The SMILES string of the molecule is C=CC(=O)Oc1ccc(Cc2ccccc2CC)cc1. The van der Waals surface area contributed by atoms with E-state index in [0.29, 0.717) is 5.75 Å². The predicted molar refractivity (Wildman–Crippen MR) is 80.9 cm³/mol. The van der Waals surface area contributed by atoms with Gasteiger partial charge in [0.25, 0.3) is 0 Å². The molecule has 0 fully saturated rings. The van der Waals surface area contributed by atoms with Crippen molar-refractivity contribution in [3.63, 3.8) is 0 Å². The van der Waals surface area contributed by atoms with Gasteiger partial charge in [-0.3, -0.25) is 0 Å². The van der Waals surface area contributed by atoms with E-state index in [0.717, 1.165) is 18.9 Å². The van der Waals surface area contributed by atoms with Crippen LogP contribution >= 0.6 is 0 Å². The molecule has 0 saturated heterocycles. The summed E-state index contributed by atoms with van der Waals surface area (Å²) in [5, 5.41) is 0. The lowest BCUT2D eigenvalue weighted by molar-refractivity contribution is -0.128. The summed E-state index contributed by atoms with van der Waals surface area (Å²) in [6, 6.07) is 16.0. The molecule has 0 aliphatic heterocycles. The first-order valence-electron chi connectivity index (χ1n) is 6.73. The topological polar surface area (TPSA) is 26.3 Å². The highest BCUT2D eigenvalue weighted by atomic mass is 16.5. The molecule has 102 valence electrons. The van der Waals surface area contributed by atoms with Crippen LogP contribution in [0.3, 0.4) is 0 Å². The van der Waals surface area contributed by atoms with Gasteiger partial charge in [-0.05, 0) is 41.7 Å². The summed E-state index contributed by atoms with van der Waals surface area (Å²) in [5.41, 5.74) is 3.91. The second-order valence-electron chi connectivity index (χ2n) is 4.57. The van der Waals surface area contributed by atoms with Gasteiger partial charge in [0.15, 0.2) is 0 Å². The molecule has 0 aliphatic rings. The number of esters is 1. The van der Waals surface area contributed by atoms with E-state index in [2.05, 4.69) is 37.8 Å². The second kappa shape index (κ2) is 6.71. The molecular formula is C18H18O2. The summed E-state index contributed by atoms with van der Waals surface area (Å²) in [4.78, 5) is 11.1. The zero-order valence-corrected chi connectivity index (χ0v) is 11.6. The Labute approximate surface area is 119 Å². The Bertz CT molecular complexity index is 597. The summed E-state index contributed by atoms with van der Waals surface area (Å²) in [5.74, 6) is 0.108. The van der Waals surface area contributed by atoms with Crippen molar-refractivity contribution in [1.29, 1.82) is 0 Å². The molecule has 2 heteroatoms. The van der Waals surface area contributed by atoms with Gasteiger partial charge in [-0.1, -0.05) is 49.9 Å². The van der Waals surface area contributed by atoms with E-state index in [-0.39, 0.29) is 0 Å². The number of rotatable bonds is 5. The first-order valence-corrected chi connectivity index (χ1v) is 6.73. The van der Waals surface area contributed by atoms with Crippen molar-refractivity contribution in [2.24, 2.45) is 0 Å². The highest BCUT2D eigenvalue weighted by Gasteiger charge is 2.03. The fraction of sp³-hybridized carbons (Fsp3) is 0.167. The fourth-order valence-corrected chi connectivity index (χ4v) is 2.13. The molecule has 2 nitrogen and oxygen atoms in total. The predicted octanol–water partition coefficient (Wildman–Crippen LogP) is 3.93. The van der Waals surface area contributed by atoms with Crippen molar-refractivity contribution in [2.75, 3.05) is 0 Å². The van der Waals surface area contributed by atoms with E-state index in [1.54, 1.807) is 0 Å². The normalized spacial score (nSPS) is 10.1. The van der Waals surface area contributed by atoms with Gasteiger partial charge in [0.2, 0.25) is 0 Å². The van der Waals surface area contributed by atoms with Crippen LogP contribution in [0.25, 0.3) is 0 Å². The maximum absolute atomic E-state index is 11.1. The third-order valence-corrected chi connectivity index (χ3v) is 3.20. The van der Waals surface area contributed by atoms with Crippen molar-refractivity contribution >= 4 is 5.97 Å². The fourth-order valence-electron chi connectivity index (χ4n) is 2.13. The maximum Gasteiger partial charge on any atom is 0.335 e. The van der Waals surface area contributed by atoms with E-state index >= 15 is 0 Å². The standard InChI is InChI=1S/C18H18O2/c1-3-15-7-5-6-8-16(15)13-14-9-11-17(12-10-14)20-18(19)4-2/h4-12H,2-3,13H2,1H3. The lowest BCUT2D eigenvalue weighted by atomic mass is 9.98. The van der Waals surface area contributed by atoms with Crippen LogP contribution in [0.1, 0.15) is 23.6 Å². The Balaban J connectivity index is 2.10. The van der Waals surface area contributed by atoms with Crippen LogP contribution in [0.5, 0.6) is 5.75 Å². The summed E-state index contributed by atoms with van der Waals surface area (Å²) < 4.78 is 5.06. The van der Waals surface area contributed by atoms with E-state index in [1.807, 2.05) is 24.3 Å². The Morgan fingerprint density at radius 2 is 1.75 bits per heavy atom. The Hall–Kier alpha value is -2.35. The molecule has 2 aromatic rings. The molecule has 0 heterocycles. The average molecular weight is 266 g/mol. The zero-order chi connectivity index (χ0) is 14.4. The number of hydrogen-bond acceptors (Lipinski definition) is 2. The molecule has 0 aromatic heterocycles. The molecule has 0 N–H and O–H groups in total. The minimum absolute atomic E-state index is 0.436. The van der Waals surface area contributed by atoms with Crippen molar-refractivity contribution in [3.05, 3.63) is 77.9 Å². The van der Waals surface area contributed by atoms with Crippen LogP contribution in [0, 0.1) is 0 Å². The Morgan fingerprint density at radius 3 is 2.35 bits per heavy atom. The molecule has 2 rings (SSSR count). The number of carbonyl (C=O) groups excluding carboxylic acids is 1. The molecular weight excluding hydrogens is 248 g/mol. The van der Waals surface area contributed by atoms with Crippen LogP contribution in [0.2, 0.25) is 0 Å². The lowest BCUT2D eigenvalue weighted by Crippen LogP contribution is -2.03. The smallest absolute Gasteiger partial charge is 0.335 e. The molecule has 20 heavy (non-hydrogen) atoms. The van der Waals surface area contributed by atoms with E-state index < -0.39 is 5.97 Å². The van der Waals surface area contributed by atoms with Gasteiger partial charge in [0.1, 0.15) is 5.75 Å². The van der Waals surface area contributed by atoms with Crippen LogP contribution in [0.4, 0.5) is 0 Å². The number of hydrogen-bond donors (Lipinski definition) is 0. The largest absolute Gasteiger partial charge is 0.423 e. The third kappa shape index (κ3) is 3.58. The number of ether oxygens (including phenoxy) is 1. The Kier molecular flexibility index (Phi) is 4.72. The molecule has 2 aromatic carbocycles. The molecule has 0 atom stereocenters. The second-order valence-corrected chi connectivity index (χ2v) is 4.57. The number of aryl methyl sites for hydroxylation is 1. The van der Waals surface area contributed by atoms with Crippen LogP contribution in [-0.4, -0.2) is 5.97 Å². The van der Waals surface area contributed by atoms with Crippen LogP contribution < -0.4 is 4.74 Å². The highest BCUT2D eigenvalue weighted by Crippen LogP contribution is 2.18. The maximum atomic E-state index is 11.1. The molecule has 0 saturated carbocycles. The van der Waals surface area contributed by atoms with Crippen molar-refractivity contribution in [1.82, 2.24) is 0 Å². The third-order valence-electron chi connectivity index (χ3n) is 3.20. The Morgan fingerprint density at radius 1 is 1.10 bits per heavy atom. The summed E-state index contributed by atoms with van der Waals surface area (Å²) in [6.07, 6.45) is 3.08. The van der Waals surface area contributed by atoms with Crippen LogP contribution in [-0.2, 0) is 17.6 Å². The molecule has 0 unspecified atom stereocenters. The summed E-state index contributed by atoms with van der Waals surface area (Å²) >= 11 is 0. The zero-order valence-electron chi connectivity index (χ0n) is 11.6. The van der Waals surface area contributed by atoms with Crippen molar-refractivity contribution < 1.29 is 9.53 Å². The van der Waals surface area contributed by atoms with Gasteiger partial charge < -0.3 is 4.74 Å². The van der Waals surface area contributed by atoms with Gasteiger partial charge in [-0.25, -0.2) is 4.79 Å². The first kappa shape index (κ1) is 14.1. The highest BCUT2D eigenvalue weighted by molar-refractivity contribution is 5.83.